The van der Waals surface area contributed by atoms with Gasteiger partial charge in [0.2, 0.25) is 5.88 Å². The molecule has 2 rings (SSSR count). The lowest BCUT2D eigenvalue weighted by atomic mass is 10.2. The van der Waals surface area contributed by atoms with Crippen molar-refractivity contribution in [1.29, 1.82) is 0 Å². The van der Waals surface area contributed by atoms with Gasteiger partial charge in [-0.15, -0.1) is 0 Å². The third-order valence-corrected chi connectivity index (χ3v) is 3.69. The third-order valence-electron chi connectivity index (χ3n) is 2.62. The Hall–Kier alpha value is -1.75. The van der Waals surface area contributed by atoms with Gasteiger partial charge in [0, 0.05) is 5.75 Å². The zero-order valence-electron chi connectivity index (χ0n) is 12.0. The molecule has 20 heavy (non-hydrogen) atoms. The number of thioether (sulfide) groups is 1. The Morgan fingerprint density at radius 2 is 2.10 bits per heavy atom. The smallest absolute Gasteiger partial charge is 0.241 e. The van der Waals surface area contributed by atoms with E-state index in [2.05, 4.69) is 41.2 Å². The zero-order valence-corrected chi connectivity index (χ0v) is 12.8. The van der Waals surface area contributed by atoms with Crippen LogP contribution in [0, 0.1) is 6.92 Å². The highest BCUT2D eigenvalue weighted by Crippen LogP contribution is 2.31. The van der Waals surface area contributed by atoms with E-state index < -0.39 is 0 Å². The largest absolute Gasteiger partial charge is 0.473 e. The second kappa shape index (κ2) is 6.61. The summed E-state index contributed by atoms with van der Waals surface area (Å²) in [5.41, 5.74) is 9.07. The van der Waals surface area contributed by atoms with Crippen LogP contribution in [0.4, 0.5) is 5.69 Å². The minimum atomic E-state index is 0.0434. The Morgan fingerprint density at radius 3 is 2.80 bits per heavy atom. The van der Waals surface area contributed by atoms with Crippen molar-refractivity contribution in [2.45, 2.75) is 37.7 Å². The molecule has 0 amide bonds. The van der Waals surface area contributed by atoms with Crippen LogP contribution < -0.4 is 10.5 Å². The summed E-state index contributed by atoms with van der Waals surface area (Å²) in [6.07, 6.45) is 1.54. The summed E-state index contributed by atoms with van der Waals surface area (Å²) in [6, 6.07) is 8.41. The number of nitrogen functional groups attached to an aromatic ring is 1. The third kappa shape index (κ3) is 3.87. The summed E-state index contributed by atoms with van der Waals surface area (Å²) in [6.45, 7) is 5.98. The van der Waals surface area contributed by atoms with Gasteiger partial charge in [-0.25, -0.2) is 4.98 Å². The van der Waals surface area contributed by atoms with Crippen molar-refractivity contribution in [1.82, 2.24) is 9.97 Å². The van der Waals surface area contributed by atoms with Crippen molar-refractivity contribution in [3.05, 3.63) is 41.7 Å². The molecule has 0 fully saturated rings. The van der Waals surface area contributed by atoms with Gasteiger partial charge in [-0.3, -0.25) is 0 Å². The van der Waals surface area contributed by atoms with E-state index in [0.29, 0.717) is 11.6 Å². The molecule has 0 aliphatic carbocycles. The van der Waals surface area contributed by atoms with E-state index >= 15 is 0 Å². The van der Waals surface area contributed by atoms with Crippen LogP contribution in [0.25, 0.3) is 0 Å². The first-order valence-corrected chi connectivity index (χ1v) is 7.50. The van der Waals surface area contributed by atoms with Crippen LogP contribution in [0.1, 0.15) is 25.0 Å². The van der Waals surface area contributed by atoms with Crippen LogP contribution in [0.3, 0.4) is 0 Å². The second-order valence-corrected chi connectivity index (χ2v) is 5.81. The molecular weight excluding hydrogens is 270 g/mol. The van der Waals surface area contributed by atoms with Gasteiger partial charge < -0.3 is 10.5 Å². The highest BCUT2D eigenvalue weighted by atomic mass is 32.2. The number of hydrogen-bond acceptors (Lipinski definition) is 5. The number of ether oxygens (including phenoxy) is 1. The number of nitrogens with zero attached hydrogens (tertiary/aromatic N) is 2. The molecule has 0 radical (unpaired) electrons. The lowest BCUT2D eigenvalue weighted by Crippen LogP contribution is -2.10. The Balaban J connectivity index is 2.10. The molecule has 0 saturated heterocycles. The van der Waals surface area contributed by atoms with Crippen molar-refractivity contribution in [2.75, 3.05) is 5.73 Å². The van der Waals surface area contributed by atoms with Crippen molar-refractivity contribution in [2.24, 2.45) is 0 Å². The minimum absolute atomic E-state index is 0.0434. The van der Waals surface area contributed by atoms with Gasteiger partial charge in [0.15, 0.2) is 0 Å². The maximum absolute atomic E-state index is 6.05. The van der Waals surface area contributed by atoms with E-state index in [4.69, 9.17) is 10.5 Å². The number of aromatic nitrogens is 2. The number of aryl methyl sites for hydroxylation is 1. The molecule has 0 saturated carbocycles. The number of anilines is 1. The van der Waals surface area contributed by atoms with Gasteiger partial charge >= 0.3 is 0 Å². The molecule has 1 heterocycles. The highest BCUT2D eigenvalue weighted by Gasteiger charge is 2.11. The quantitative estimate of drug-likeness (QED) is 0.675. The van der Waals surface area contributed by atoms with E-state index in [-0.39, 0.29) is 6.10 Å². The zero-order chi connectivity index (χ0) is 14.5. The molecule has 4 nitrogen and oxygen atoms in total. The fourth-order valence-electron chi connectivity index (χ4n) is 1.75. The standard InChI is InChI=1S/C15H19N3OS/c1-10(2)19-14-13(16)15(18-9-17-14)20-8-12-6-4-5-11(3)7-12/h4-7,9-10H,8,16H2,1-3H3. The van der Waals surface area contributed by atoms with E-state index in [0.717, 1.165) is 10.8 Å². The van der Waals surface area contributed by atoms with Crippen LogP contribution >= 0.6 is 11.8 Å². The summed E-state index contributed by atoms with van der Waals surface area (Å²) in [5.74, 6) is 1.28. The van der Waals surface area contributed by atoms with Gasteiger partial charge in [-0.05, 0) is 26.3 Å². The normalized spacial score (nSPS) is 10.8. The number of nitrogens with two attached hydrogens (primary N) is 1. The fourth-order valence-corrected chi connectivity index (χ4v) is 2.60. The Bertz CT molecular complexity index is 587. The van der Waals surface area contributed by atoms with Crippen molar-refractivity contribution in [3.63, 3.8) is 0 Å². The Kier molecular flexibility index (Phi) is 4.84. The lowest BCUT2D eigenvalue weighted by molar-refractivity contribution is 0.233. The topological polar surface area (TPSA) is 61.0 Å². The van der Waals surface area contributed by atoms with Crippen molar-refractivity contribution >= 4 is 17.4 Å². The summed E-state index contributed by atoms with van der Waals surface area (Å²) in [7, 11) is 0. The predicted octanol–water partition coefficient (Wildman–Crippen LogP) is 3.45. The number of benzene rings is 1. The molecule has 2 aromatic rings. The summed E-state index contributed by atoms with van der Waals surface area (Å²) >= 11 is 1.59. The molecule has 106 valence electrons. The van der Waals surface area contributed by atoms with Crippen molar-refractivity contribution in [3.8, 4) is 5.88 Å². The van der Waals surface area contributed by atoms with Crippen LogP contribution in [0.2, 0.25) is 0 Å². The molecule has 0 aliphatic heterocycles. The number of hydrogen-bond donors (Lipinski definition) is 1. The molecule has 0 aliphatic rings. The van der Waals surface area contributed by atoms with E-state index in [1.54, 1.807) is 11.8 Å². The summed E-state index contributed by atoms with van der Waals surface area (Å²) in [4.78, 5) is 8.31. The van der Waals surface area contributed by atoms with Crippen LogP contribution in [0.5, 0.6) is 5.88 Å². The maximum Gasteiger partial charge on any atom is 0.241 e. The maximum atomic E-state index is 6.05. The first-order chi connectivity index (χ1) is 9.56. The molecule has 0 atom stereocenters. The summed E-state index contributed by atoms with van der Waals surface area (Å²) in [5, 5.41) is 0.761. The van der Waals surface area contributed by atoms with Gasteiger partial charge in [0.25, 0.3) is 0 Å². The molecule has 0 unspecified atom stereocenters. The van der Waals surface area contributed by atoms with Crippen LogP contribution in [-0.2, 0) is 5.75 Å². The van der Waals surface area contributed by atoms with Crippen LogP contribution in [0.15, 0.2) is 35.6 Å². The Labute approximate surface area is 123 Å². The molecule has 0 spiro atoms. The van der Waals surface area contributed by atoms with E-state index in [9.17, 15) is 0 Å². The second-order valence-electron chi connectivity index (χ2n) is 4.84. The molecule has 0 bridgehead atoms. The van der Waals surface area contributed by atoms with E-state index in [1.807, 2.05) is 13.8 Å². The van der Waals surface area contributed by atoms with Crippen molar-refractivity contribution < 1.29 is 4.74 Å². The lowest BCUT2D eigenvalue weighted by Gasteiger charge is -2.12. The molecule has 1 aromatic heterocycles. The first-order valence-electron chi connectivity index (χ1n) is 6.51. The molecular formula is C15H19N3OS. The molecule has 1 aromatic carbocycles. The monoisotopic (exact) mass is 289 g/mol. The van der Waals surface area contributed by atoms with Gasteiger partial charge in [0.05, 0.1) is 6.10 Å². The Morgan fingerprint density at radius 1 is 1.30 bits per heavy atom. The summed E-state index contributed by atoms with van der Waals surface area (Å²) < 4.78 is 5.57. The minimum Gasteiger partial charge on any atom is -0.473 e. The fraction of sp³-hybridized carbons (Fsp3) is 0.333. The average molecular weight is 289 g/mol. The van der Waals surface area contributed by atoms with Gasteiger partial charge in [0.1, 0.15) is 17.0 Å². The van der Waals surface area contributed by atoms with Crippen LogP contribution in [-0.4, -0.2) is 16.1 Å². The first kappa shape index (κ1) is 14.7. The highest BCUT2D eigenvalue weighted by molar-refractivity contribution is 7.98. The van der Waals surface area contributed by atoms with E-state index in [1.165, 1.54) is 17.5 Å². The average Bonchev–Trinajstić information content (AvgIpc) is 2.39. The predicted molar refractivity (Wildman–Crippen MR) is 82.9 cm³/mol. The molecule has 2 N–H and O–H groups in total. The molecule has 5 heteroatoms. The SMILES string of the molecule is Cc1cccc(CSc2ncnc(OC(C)C)c2N)c1. The van der Waals surface area contributed by atoms with Gasteiger partial charge in [-0.2, -0.15) is 4.98 Å². The van der Waals surface area contributed by atoms with Gasteiger partial charge in [-0.1, -0.05) is 41.6 Å². The number of rotatable bonds is 5.